The maximum atomic E-state index is 14.2. The molecule has 0 saturated carbocycles. The molecule has 1 aliphatic heterocycles. The fourth-order valence-corrected chi connectivity index (χ4v) is 3.93. The van der Waals surface area contributed by atoms with Gasteiger partial charge in [0.25, 0.3) is 5.91 Å². The average Bonchev–Trinajstić information content (AvgIpc) is 3.29. The van der Waals surface area contributed by atoms with Crippen molar-refractivity contribution < 1.29 is 51.3 Å². The summed E-state index contributed by atoms with van der Waals surface area (Å²) in [6, 6.07) is 10.3. The van der Waals surface area contributed by atoms with Crippen molar-refractivity contribution in [2.75, 3.05) is 25.6 Å². The van der Waals surface area contributed by atoms with Crippen LogP contribution in [0.2, 0.25) is 0 Å². The van der Waals surface area contributed by atoms with Gasteiger partial charge in [0.2, 0.25) is 0 Å². The number of anilines is 1. The van der Waals surface area contributed by atoms with Gasteiger partial charge in [0.1, 0.15) is 18.2 Å². The van der Waals surface area contributed by atoms with Crippen LogP contribution in [0.25, 0.3) is 0 Å². The average molecular weight is 562 g/mol. The predicted molar refractivity (Wildman–Crippen MR) is 132 cm³/mol. The minimum Gasteiger partial charge on any atom is -0.493 e. The number of hydrogen-bond acceptors (Lipinski definition) is 6. The van der Waals surface area contributed by atoms with Gasteiger partial charge in [-0.1, -0.05) is 6.07 Å². The molecule has 4 rings (SSSR count). The number of alkyl halides is 3. The molecule has 1 saturated heterocycles. The van der Waals surface area contributed by atoms with E-state index in [4.69, 9.17) is 19.3 Å². The standard InChI is InChI=1S/C27H22F4N2O7/c1-38-22-6-2-15(11-24(34)35)10-23(22)40-21-7-4-18(12-16(21)14-33-8-9-39-26(33)37)32-25(36)19-13-17(27(29,30)31)3-5-20(19)28/h2-7,10,12-13H,8-9,11,14H2,1H3,(H,32,36)(H,34,35). The number of halogens is 4. The Morgan fingerprint density at radius 1 is 1.05 bits per heavy atom. The van der Waals surface area contributed by atoms with Crippen LogP contribution in [-0.4, -0.2) is 48.2 Å². The van der Waals surface area contributed by atoms with Gasteiger partial charge in [-0.15, -0.1) is 0 Å². The molecule has 0 radical (unpaired) electrons. The van der Waals surface area contributed by atoms with Gasteiger partial charge in [0.05, 0.1) is 37.7 Å². The van der Waals surface area contributed by atoms with Gasteiger partial charge < -0.3 is 29.5 Å². The third-order valence-corrected chi connectivity index (χ3v) is 5.87. The molecule has 210 valence electrons. The van der Waals surface area contributed by atoms with E-state index in [0.717, 1.165) is 0 Å². The molecule has 3 aromatic rings. The van der Waals surface area contributed by atoms with Crippen molar-refractivity contribution in [3.8, 4) is 17.2 Å². The summed E-state index contributed by atoms with van der Waals surface area (Å²) in [4.78, 5) is 37.3. The molecule has 2 amide bonds. The Hall–Kier alpha value is -4.81. The highest BCUT2D eigenvalue weighted by atomic mass is 19.4. The SMILES string of the molecule is COc1ccc(CC(=O)O)cc1Oc1ccc(NC(=O)c2cc(C(F)(F)F)ccc2F)cc1CN1CCOC1=O. The minimum atomic E-state index is -4.78. The zero-order chi connectivity index (χ0) is 29.0. The number of benzene rings is 3. The summed E-state index contributed by atoms with van der Waals surface area (Å²) >= 11 is 0. The van der Waals surface area contributed by atoms with Crippen LogP contribution in [0.1, 0.15) is 27.0 Å². The number of carbonyl (C=O) groups excluding carboxylic acids is 2. The minimum absolute atomic E-state index is 0.0348. The molecule has 0 bridgehead atoms. The van der Waals surface area contributed by atoms with Crippen LogP contribution in [-0.2, 0) is 28.7 Å². The molecule has 9 nitrogen and oxygen atoms in total. The Morgan fingerprint density at radius 2 is 1.80 bits per heavy atom. The molecule has 0 atom stereocenters. The first-order chi connectivity index (χ1) is 18.9. The molecule has 1 heterocycles. The summed E-state index contributed by atoms with van der Waals surface area (Å²) < 4.78 is 69.8. The highest BCUT2D eigenvalue weighted by Crippen LogP contribution is 2.36. The van der Waals surface area contributed by atoms with E-state index in [0.29, 0.717) is 29.3 Å². The van der Waals surface area contributed by atoms with Crippen LogP contribution in [0.4, 0.5) is 28.0 Å². The van der Waals surface area contributed by atoms with Gasteiger partial charge in [-0.3, -0.25) is 9.59 Å². The quantitative estimate of drug-likeness (QED) is 0.332. The number of carboxylic acids is 1. The topological polar surface area (TPSA) is 114 Å². The number of hydrogen-bond donors (Lipinski definition) is 2. The van der Waals surface area contributed by atoms with E-state index < -0.39 is 41.1 Å². The number of aliphatic carboxylic acids is 1. The first-order valence-corrected chi connectivity index (χ1v) is 11.7. The number of nitrogens with one attached hydrogen (secondary N) is 1. The second-order valence-electron chi connectivity index (χ2n) is 8.66. The largest absolute Gasteiger partial charge is 0.493 e. The van der Waals surface area contributed by atoms with Gasteiger partial charge in [0.15, 0.2) is 11.5 Å². The second-order valence-corrected chi connectivity index (χ2v) is 8.66. The zero-order valence-corrected chi connectivity index (χ0v) is 20.9. The monoisotopic (exact) mass is 562 g/mol. The van der Waals surface area contributed by atoms with Gasteiger partial charge in [0, 0.05) is 11.3 Å². The maximum Gasteiger partial charge on any atom is 0.416 e. The van der Waals surface area contributed by atoms with Crippen molar-refractivity contribution >= 4 is 23.7 Å². The highest BCUT2D eigenvalue weighted by Gasteiger charge is 2.32. The molecule has 1 aliphatic rings. The van der Waals surface area contributed by atoms with Crippen molar-refractivity contribution in [3.63, 3.8) is 0 Å². The molecule has 2 N–H and O–H groups in total. The molecule has 1 fully saturated rings. The number of carbonyl (C=O) groups is 3. The summed E-state index contributed by atoms with van der Waals surface area (Å²) in [6.07, 6.45) is -5.64. The summed E-state index contributed by atoms with van der Waals surface area (Å²) in [5.41, 5.74) is -1.12. The van der Waals surface area contributed by atoms with Gasteiger partial charge >= 0.3 is 18.2 Å². The fraction of sp³-hybridized carbons (Fsp3) is 0.222. The lowest BCUT2D eigenvalue weighted by atomic mass is 10.1. The number of rotatable bonds is 9. The van der Waals surface area contributed by atoms with E-state index in [2.05, 4.69) is 5.32 Å². The molecule has 0 spiro atoms. The Kier molecular flexibility index (Phi) is 8.12. The fourth-order valence-electron chi connectivity index (χ4n) is 3.93. The molecular formula is C27H22F4N2O7. The Balaban J connectivity index is 1.66. The molecule has 0 unspecified atom stereocenters. The number of methoxy groups -OCH3 is 1. The summed E-state index contributed by atoms with van der Waals surface area (Å²) in [5.74, 6) is -2.64. The van der Waals surface area contributed by atoms with E-state index >= 15 is 0 Å². The summed E-state index contributed by atoms with van der Waals surface area (Å²) in [5, 5.41) is 11.5. The molecule has 13 heteroatoms. The van der Waals surface area contributed by atoms with Crippen molar-refractivity contribution in [2.45, 2.75) is 19.1 Å². The van der Waals surface area contributed by atoms with E-state index in [1.165, 1.54) is 42.3 Å². The van der Waals surface area contributed by atoms with Gasteiger partial charge in [-0.25, -0.2) is 9.18 Å². The second kappa shape index (κ2) is 11.5. The molecule has 3 aromatic carbocycles. The normalized spacial score (nSPS) is 13.1. The van der Waals surface area contributed by atoms with E-state index in [9.17, 15) is 31.9 Å². The Labute approximate surface area is 224 Å². The Bertz CT molecular complexity index is 1460. The third-order valence-electron chi connectivity index (χ3n) is 5.87. The Morgan fingerprint density at radius 3 is 2.45 bits per heavy atom. The van der Waals surface area contributed by atoms with Crippen LogP contribution in [0, 0.1) is 5.82 Å². The van der Waals surface area contributed by atoms with Crippen molar-refractivity contribution in [2.24, 2.45) is 0 Å². The lowest BCUT2D eigenvalue weighted by Gasteiger charge is -2.19. The number of amides is 2. The maximum absolute atomic E-state index is 14.2. The van der Waals surface area contributed by atoms with E-state index in [1.54, 1.807) is 6.07 Å². The van der Waals surface area contributed by atoms with Crippen LogP contribution in [0.15, 0.2) is 54.6 Å². The number of nitrogens with zero attached hydrogens (tertiary/aromatic N) is 1. The predicted octanol–water partition coefficient (Wildman–Crippen LogP) is 5.48. The molecule has 40 heavy (non-hydrogen) atoms. The van der Waals surface area contributed by atoms with Crippen molar-refractivity contribution in [1.29, 1.82) is 0 Å². The van der Waals surface area contributed by atoms with E-state index in [-0.39, 0.29) is 49.1 Å². The number of cyclic esters (lactones) is 1. The third kappa shape index (κ3) is 6.60. The molecular weight excluding hydrogens is 540 g/mol. The summed E-state index contributed by atoms with van der Waals surface area (Å²) in [7, 11) is 1.39. The van der Waals surface area contributed by atoms with Crippen LogP contribution in [0.5, 0.6) is 17.2 Å². The number of ether oxygens (including phenoxy) is 3. The zero-order valence-electron chi connectivity index (χ0n) is 20.9. The lowest BCUT2D eigenvalue weighted by Crippen LogP contribution is -2.24. The van der Waals surface area contributed by atoms with Gasteiger partial charge in [-0.05, 0) is 54.1 Å². The van der Waals surface area contributed by atoms with Crippen LogP contribution < -0.4 is 14.8 Å². The molecule has 0 aromatic heterocycles. The lowest BCUT2D eigenvalue weighted by molar-refractivity contribution is -0.138. The van der Waals surface area contributed by atoms with E-state index in [1.807, 2.05) is 0 Å². The van der Waals surface area contributed by atoms with Crippen molar-refractivity contribution in [3.05, 3.63) is 82.7 Å². The summed E-state index contributed by atoms with van der Waals surface area (Å²) in [6.45, 7) is 0.389. The van der Waals surface area contributed by atoms with Crippen LogP contribution in [0.3, 0.4) is 0 Å². The van der Waals surface area contributed by atoms with Crippen LogP contribution >= 0.6 is 0 Å². The smallest absolute Gasteiger partial charge is 0.416 e. The van der Waals surface area contributed by atoms with Crippen molar-refractivity contribution in [1.82, 2.24) is 4.90 Å². The first-order valence-electron chi connectivity index (χ1n) is 11.7. The highest BCUT2D eigenvalue weighted by molar-refractivity contribution is 6.04. The van der Waals surface area contributed by atoms with Gasteiger partial charge in [-0.2, -0.15) is 13.2 Å². The first kappa shape index (κ1) is 28.2. The number of carboxylic acid groups (broad SMARTS) is 1. The molecule has 0 aliphatic carbocycles.